The summed E-state index contributed by atoms with van der Waals surface area (Å²) >= 11 is 0. The summed E-state index contributed by atoms with van der Waals surface area (Å²) in [6.07, 6.45) is 0.922. The first-order chi connectivity index (χ1) is 16.5. The number of hydrogen-bond donors (Lipinski definition) is 1. The van der Waals surface area contributed by atoms with Gasteiger partial charge in [-0.15, -0.1) is 5.10 Å². The summed E-state index contributed by atoms with van der Waals surface area (Å²) in [6, 6.07) is 0.0757. The van der Waals surface area contributed by atoms with Gasteiger partial charge in [-0.2, -0.15) is 28.2 Å². The molecular formula is C22H26F4N8O. The molecule has 2 spiro atoms. The number of H-pyrrole nitrogens is 1. The van der Waals surface area contributed by atoms with Crippen LogP contribution in [0, 0.1) is 16.7 Å². The van der Waals surface area contributed by atoms with E-state index in [2.05, 4.69) is 25.4 Å². The Balaban J connectivity index is 0.845. The largest absolute Gasteiger partial charge is 0.436 e. The maximum atomic E-state index is 14.1. The third kappa shape index (κ3) is 3.44. The predicted molar refractivity (Wildman–Crippen MR) is 112 cm³/mol. The van der Waals surface area contributed by atoms with E-state index in [4.69, 9.17) is 0 Å². The van der Waals surface area contributed by atoms with E-state index < -0.39 is 17.5 Å². The van der Waals surface area contributed by atoms with Crippen LogP contribution in [0.3, 0.4) is 0 Å². The van der Waals surface area contributed by atoms with Gasteiger partial charge in [-0.25, -0.2) is 14.2 Å². The van der Waals surface area contributed by atoms with E-state index in [1.54, 1.807) is 0 Å². The highest BCUT2D eigenvalue weighted by atomic mass is 19.4. The molecule has 3 saturated carbocycles. The zero-order chi connectivity index (χ0) is 24.2. The minimum absolute atomic E-state index is 0.0757. The Kier molecular flexibility index (Phi) is 4.14. The van der Waals surface area contributed by atoms with Gasteiger partial charge >= 0.3 is 12.2 Å². The Bertz CT molecular complexity index is 1160. The maximum Gasteiger partial charge on any atom is 0.436 e. The van der Waals surface area contributed by atoms with Crippen LogP contribution in [0.4, 0.5) is 22.4 Å². The number of rotatable bonds is 4. The molecule has 2 saturated heterocycles. The van der Waals surface area contributed by atoms with Crippen LogP contribution in [0.15, 0.2) is 6.20 Å². The molecule has 2 aromatic heterocycles. The summed E-state index contributed by atoms with van der Waals surface area (Å²) in [6.45, 7) is 3.28. The lowest BCUT2D eigenvalue weighted by molar-refractivity contribution is -0.141. The first kappa shape index (κ1) is 21.5. The SMILES string of the molecule is O=C(N1CC2(CC(Cn3ncc(C(F)(F)F)n3)C2)C1)N1CC2(CC(c3nc(C4(F)CC4)n[nH]3)C2)C1. The molecule has 0 aromatic carbocycles. The quantitative estimate of drug-likeness (QED) is 0.660. The van der Waals surface area contributed by atoms with E-state index in [9.17, 15) is 22.4 Å². The molecule has 0 unspecified atom stereocenters. The van der Waals surface area contributed by atoms with Crippen molar-refractivity contribution >= 4 is 6.03 Å². The molecule has 5 fully saturated rings. The van der Waals surface area contributed by atoms with E-state index in [-0.39, 0.29) is 34.5 Å². The average molecular weight is 494 g/mol. The number of likely N-dealkylation sites (tertiary alicyclic amines) is 2. The van der Waals surface area contributed by atoms with Gasteiger partial charge in [0.1, 0.15) is 5.82 Å². The number of alkyl halides is 4. The number of nitrogens with zero attached hydrogens (tertiary/aromatic N) is 7. The molecule has 35 heavy (non-hydrogen) atoms. The molecule has 2 amide bonds. The first-order valence-electron chi connectivity index (χ1n) is 12.2. The third-order valence-corrected chi connectivity index (χ3v) is 8.68. The van der Waals surface area contributed by atoms with Crippen molar-refractivity contribution in [3.8, 4) is 0 Å². The topological polar surface area (TPSA) is 95.8 Å². The number of carbonyl (C=O) groups excluding carboxylic acids is 1. The number of carbonyl (C=O) groups is 1. The lowest BCUT2D eigenvalue weighted by atomic mass is 9.57. The van der Waals surface area contributed by atoms with Gasteiger partial charge in [0.2, 0.25) is 0 Å². The Labute approximate surface area is 198 Å². The number of aromatic nitrogens is 6. The molecule has 7 rings (SSSR count). The maximum absolute atomic E-state index is 14.1. The van der Waals surface area contributed by atoms with Crippen LogP contribution >= 0.6 is 0 Å². The van der Waals surface area contributed by atoms with E-state index in [1.807, 2.05) is 9.80 Å². The monoisotopic (exact) mass is 494 g/mol. The molecule has 2 aliphatic heterocycles. The molecule has 9 nitrogen and oxygen atoms in total. The fourth-order valence-corrected chi connectivity index (χ4v) is 6.72. The number of amides is 2. The molecule has 0 atom stereocenters. The minimum atomic E-state index is -4.47. The zero-order valence-electron chi connectivity index (χ0n) is 19.1. The summed E-state index contributed by atoms with van der Waals surface area (Å²) in [7, 11) is 0. The Morgan fingerprint density at radius 3 is 2.26 bits per heavy atom. The first-order valence-corrected chi connectivity index (χ1v) is 12.2. The summed E-state index contributed by atoms with van der Waals surface area (Å²) in [5.41, 5.74) is -2.04. The minimum Gasteiger partial charge on any atom is -0.323 e. The number of hydrogen-bond acceptors (Lipinski definition) is 5. The van der Waals surface area contributed by atoms with Gasteiger partial charge in [-0.1, -0.05) is 0 Å². The zero-order valence-corrected chi connectivity index (χ0v) is 19.1. The normalized spacial score (nSPS) is 26.3. The van der Waals surface area contributed by atoms with Crippen LogP contribution in [0.2, 0.25) is 0 Å². The van der Waals surface area contributed by atoms with Crippen molar-refractivity contribution < 1.29 is 22.4 Å². The van der Waals surface area contributed by atoms with Crippen molar-refractivity contribution in [1.82, 2.24) is 40.0 Å². The van der Waals surface area contributed by atoms with Crippen LogP contribution < -0.4 is 0 Å². The second-order valence-corrected chi connectivity index (χ2v) is 11.7. The van der Waals surface area contributed by atoms with Crippen LogP contribution in [-0.2, 0) is 18.4 Å². The van der Waals surface area contributed by atoms with E-state index in [0.717, 1.165) is 55.6 Å². The van der Waals surface area contributed by atoms with Gasteiger partial charge in [0.05, 0.1) is 12.7 Å². The van der Waals surface area contributed by atoms with Gasteiger partial charge in [0, 0.05) is 42.9 Å². The smallest absolute Gasteiger partial charge is 0.323 e. The average Bonchev–Trinajstić information content (AvgIpc) is 3.10. The second-order valence-electron chi connectivity index (χ2n) is 11.7. The van der Waals surface area contributed by atoms with Crippen molar-refractivity contribution in [2.75, 3.05) is 26.2 Å². The van der Waals surface area contributed by atoms with Crippen LogP contribution in [0.25, 0.3) is 0 Å². The van der Waals surface area contributed by atoms with Crippen LogP contribution in [0.1, 0.15) is 61.8 Å². The van der Waals surface area contributed by atoms with E-state index >= 15 is 0 Å². The van der Waals surface area contributed by atoms with Crippen molar-refractivity contribution in [3.05, 3.63) is 23.5 Å². The predicted octanol–water partition coefficient (Wildman–Crippen LogP) is 3.09. The van der Waals surface area contributed by atoms with Crippen LogP contribution in [-0.4, -0.2) is 72.2 Å². The number of urea groups is 1. The Hall–Kier alpha value is -2.73. The lowest BCUT2D eigenvalue weighted by Crippen LogP contribution is -2.71. The summed E-state index contributed by atoms with van der Waals surface area (Å²) in [5, 5.41) is 14.2. The molecule has 0 bridgehead atoms. The van der Waals surface area contributed by atoms with Gasteiger partial charge in [0.15, 0.2) is 17.2 Å². The van der Waals surface area contributed by atoms with Crippen molar-refractivity contribution in [2.24, 2.45) is 16.7 Å². The molecule has 4 heterocycles. The highest BCUT2D eigenvalue weighted by molar-refractivity contribution is 5.77. The van der Waals surface area contributed by atoms with E-state index in [0.29, 0.717) is 32.5 Å². The molecule has 1 N–H and O–H groups in total. The Morgan fingerprint density at radius 1 is 1.06 bits per heavy atom. The van der Waals surface area contributed by atoms with Crippen molar-refractivity contribution in [1.29, 1.82) is 0 Å². The number of halogens is 4. The molecule has 5 aliphatic rings. The fraction of sp³-hybridized carbons (Fsp3) is 0.773. The second kappa shape index (κ2) is 6.73. The molecule has 3 aliphatic carbocycles. The molecule has 2 aromatic rings. The molecule has 188 valence electrons. The number of nitrogens with one attached hydrogen (secondary N) is 1. The fourth-order valence-electron chi connectivity index (χ4n) is 6.72. The third-order valence-electron chi connectivity index (χ3n) is 8.68. The highest BCUT2D eigenvalue weighted by Crippen LogP contribution is 2.57. The molecule has 13 heteroatoms. The highest BCUT2D eigenvalue weighted by Gasteiger charge is 2.59. The van der Waals surface area contributed by atoms with E-state index in [1.165, 1.54) is 0 Å². The molecular weight excluding hydrogens is 468 g/mol. The molecule has 0 radical (unpaired) electrons. The van der Waals surface area contributed by atoms with Gasteiger partial charge in [0.25, 0.3) is 0 Å². The van der Waals surface area contributed by atoms with Crippen molar-refractivity contribution in [3.63, 3.8) is 0 Å². The van der Waals surface area contributed by atoms with Crippen LogP contribution in [0.5, 0.6) is 0 Å². The number of aromatic amines is 1. The standard InChI is InChI=1S/C22H26F4N8O/c23-21(1-2-21)17-28-16(29-30-17)14-5-20(6-14)11-33(12-20)18(35)32-9-19(10-32)3-13(4-19)8-34-27-7-15(31-34)22(24,25)26/h7,13-14H,1-6,8-12H2,(H,28,29,30). The Morgan fingerprint density at radius 2 is 1.69 bits per heavy atom. The summed E-state index contributed by atoms with van der Waals surface area (Å²) < 4.78 is 52.1. The summed E-state index contributed by atoms with van der Waals surface area (Å²) in [5.74, 6) is 1.55. The van der Waals surface area contributed by atoms with Gasteiger partial charge < -0.3 is 9.80 Å². The summed E-state index contributed by atoms with van der Waals surface area (Å²) in [4.78, 5) is 22.2. The lowest BCUT2D eigenvalue weighted by Gasteiger charge is -2.63. The van der Waals surface area contributed by atoms with Gasteiger partial charge in [-0.05, 0) is 44.4 Å². The van der Waals surface area contributed by atoms with Crippen molar-refractivity contribution in [2.45, 2.75) is 62.8 Å². The van der Waals surface area contributed by atoms with Gasteiger partial charge in [-0.3, -0.25) is 5.10 Å².